The molecule has 0 spiro atoms. The number of carboxylic acid groups (broad SMARTS) is 3. The molecule has 0 heterocycles. The van der Waals surface area contributed by atoms with Gasteiger partial charge in [0, 0.05) is 19.3 Å². The molecule has 0 rings (SSSR count). The molecule has 8 nitrogen and oxygen atoms in total. The largest absolute Gasteiger partial charge is 0.481 e. The van der Waals surface area contributed by atoms with Crippen molar-refractivity contribution in [2.75, 3.05) is 0 Å². The van der Waals surface area contributed by atoms with Crippen LogP contribution in [-0.4, -0.2) is 33.2 Å². The van der Waals surface area contributed by atoms with E-state index in [1.165, 1.54) is 0 Å². The molecule has 7 N–H and O–H groups in total. The van der Waals surface area contributed by atoms with Gasteiger partial charge in [-0.15, -0.1) is 0 Å². The third kappa shape index (κ3) is 71.4. The normalized spacial score (nSPS) is 7.65. The van der Waals surface area contributed by atoms with Crippen LogP contribution in [0, 0.1) is 0 Å². The number of aliphatic carboxylic acids is 3. The summed E-state index contributed by atoms with van der Waals surface area (Å²) in [4.78, 5) is 28.8. The van der Waals surface area contributed by atoms with Crippen molar-refractivity contribution in [2.45, 2.75) is 59.3 Å². The van der Waals surface area contributed by atoms with Gasteiger partial charge in [-0.2, -0.15) is 0 Å². The Morgan fingerprint density at radius 1 is 0.650 bits per heavy atom. The van der Waals surface area contributed by atoms with Crippen molar-refractivity contribution in [2.24, 2.45) is 11.7 Å². The van der Waals surface area contributed by atoms with Gasteiger partial charge in [0.25, 0.3) is 0 Å². The van der Waals surface area contributed by atoms with E-state index >= 15 is 0 Å². The Labute approximate surface area is 119 Å². The van der Waals surface area contributed by atoms with Gasteiger partial charge >= 0.3 is 17.9 Å². The molecule has 0 aromatic rings. The minimum absolute atomic E-state index is 0.292. The van der Waals surface area contributed by atoms with Crippen molar-refractivity contribution < 1.29 is 29.7 Å². The number of nitrogens with two attached hydrogens (primary N) is 2. The molecule has 0 aliphatic rings. The van der Waals surface area contributed by atoms with Gasteiger partial charge in [-0.25, -0.2) is 0 Å². The highest BCUT2D eigenvalue weighted by molar-refractivity contribution is 5.67. The van der Waals surface area contributed by atoms with E-state index in [2.05, 4.69) is 11.7 Å². The second kappa shape index (κ2) is 26.0. The first-order valence-electron chi connectivity index (χ1n) is 6.30. The van der Waals surface area contributed by atoms with Crippen molar-refractivity contribution in [3.05, 3.63) is 0 Å². The van der Waals surface area contributed by atoms with E-state index < -0.39 is 17.9 Å². The molecule has 0 bridgehead atoms. The lowest BCUT2D eigenvalue weighted by atomic mass is 10.4. The molecule has 0 saturated carbocycles. The van der Waals surface area contributed by atoms with Crippen LogP contribution in [0.25, 0.3) is 0 Å². The van der Waals surface area contributed by atoms with E-state index in [-0.39, 0.29) is 0 Å². The second-order valence-electron chi connectivity index (χ2n) is 3.43. The molecule has 0 aromatic heterocycles. The number of hydrogen-bond acceptors (Lipinski definition) is 5. The van der Waals surface area contributed by atoms with Crippen LogP contribution in [0.5, 0.6) is 0 Å². The fourth-order valence-corrected chi connectivity index (χ4v) is 0.642. The molecule has 122 valence electrons. The van der Waals surface area contributed by atoms with Crippen molar-refractivity contribution in [1.82, 2.24) is 0 Å². The molecule has 0 aromatic carbocycles. The average molecular weight is 296 g/mol. The number of hydrogen-bond donors (Lipinski definition) is 5. The van der Waals surface area contributed by atoms with E-state index in [0.29, 0.717) is 19.3 Å². The van der Waals surface area contributed by atoms with E-state index in [0.717, 1.165) is 19.3 Å². The quantitative estimate of drug-likeness (QED) is 0.363. The van der Waals surface area contributed by atoms with Gasteiger partial charge in [-0.3, -0.25) is 26.1 Å². The minimum atomic E-state index is -0.711. The number of hydrazine groups is 1. The highest BCUT2D eigenvalue weighted by atomic mass is 16.4. The second-order valence-corrected chi connectivity index (χ2v) is 3.43. The lowest BCUT2D eigenvalue weighted by molar-refractivity contribution is -0.138. The van der Waals surface area contributed by atoms with Crippen molar-refractivity contribution in [3.8, 4) is 0 Å². The summed E-state index contributed by atoms with van der Waals surface area (Å²) >= 11 is 0. The topological polar surface area (TPSA) is 164 Å². The van der Waals surface area contributed by atoms with Gasteiger partial charge in [-0.05, 0) is 19.3 Å². The fourth-order valence-electron chi connectivity index (χ4n) is 0.642. The lowest BCUT2D eigenvalue weighted by Gasteiger charge is -1.79. The molecular weight excluding hydrogens is 268 g/mol. The summed E-state index contributed by atoms with van der Waals surface area (Å²) < 4.78 is 0. The summed E-state index contributed by atoms with van der Waals surface area (Å²) in [6, 6.07) is 0. The molecule has 0 unspecified atom stereocenters. The van der Waals surface area contributed by atoms with Crippen LogP contribution in [0.1, 0.15) is 59.3 Å². The van der Waals surface area contributed by atoms with Crippen LogP contribution in [-0.2, 0) is 14.4 Å². The number of carboxylic acids is 3. The van der Waals surface area contributed by atoms with Crippen LogP contribution < -0.4 is 11.7 Å². The van der Waals surface area contributed by atoms with Crippen molar-refractivity contribution >= 4 is 17.9 Å². The Morgan fingerprint density at radius 2 is 0.800 bits per heavy atom. The molecule has 0 aliphatic carbocycles. The zero-order valence-electron chi connectivity index (χ0n) is 12.5. The molecular formula is C12H28N2O6. The van der Waals surface area contributed by atoms with Gasteiger partial charge < -0.3 is 15.3 Å². The summed E-state index contributed by atoms with van der Waals surface area (Å²) in [5.41, 5.74) is 0. The van der Waals surface area contributed by atoms with Crippen LogP contribution in [0.4, 0.5) is 0 Å². The first-order valence-corrected chi connectivity index (χ1v) is 6.30. The molecule has 0 radical (unpaired) electrons. The number of rotatable bonds is 6. The van der Waals surface area contributed by atoms with E-state index in [4.69, 9.17) is 15.3 Å². The highest BCUT2D eigenvalue weighted by Gasteiger charge is 1.88. The molecule has 20 heavy (non-hydrogen) atoms. The number of carbonyl (C=O) groups is 3. The highest BCUT2D eigenvalue weighted by Crippen LogP contribution is 1.83. The first-order chi connectivity index (χ1) is 9.31. The minimum Gasteiger partial charge on any atom is -0.481 e. The Morgan fingerprint density at radius 3 is 0.800 bits per heavy atom. The van der Waals surface area contributed by atoms with Gasteiger partial charge in [0.2, 0.25) is 0 Å². The average Bonchev–Trinajstić information content (AvgIpc) is 2.32. The zero-order valence-corrected chi connectivity index (χ0v) is 12.5. The lowest BCUT2D eigenvalue weighted by Crippen LogP contribution is -2.02. The Hall–Kier alpha value is -1.67. The van der Waals surface area contributed by atoms with Gasteiger partial charge in [0.15, 0.2) is 0 Å². The monoisotopic (exact) mass is 296 g/mol. The fraction of sp³-hybridized carbons (Fsp3) is 0.750. The Kier molecular flexibility index (Phi) is 34.9. The van der Waals surface area contributed by atoms with Gasteiger partial charge in [-0.1, -0.05) is 20.8 Å². The molecule has 0 amide bonds. The molecule has 0 atom stereocenters. The summed E-state index contributed by atoms with van der Waals surface area (Å²) in [7, 11) is 0. The maximum Gasteiger partial charge on any atom is 0.303 e. The van der Waals surface area contributed by atoms with Gasteiger partial charge in [0.05, 0.1) is 0 Å². The predicted octanol–water partition coefficient (Wildman–Crippen LogP) is 1.43. The maximum atomic E-state index is 9.60. The molecule has 0 fully saturated rings. The summed E-state index contributed by atoms with van der Waals surface area (Å²) in [6.45, 7) is 5.52. The van der Waals surface area contributed by atoms with E-state index in [1.54, 1.807) is 0 Å². The smallest absolute Gasteiger partial charge is 0.303 e. The predicted molar refractivity (Wildman–Crippen MR) is 76.0 cm³/mol. The standard InChI is InChI=1S/3C4H8O2.H4N2/c3*1-2-3-4(5)6;1-2/h3*2-3H2,1H3,(H,5,6);1-2H2. The third-order valence-corrected chi connectivity index (χ3v) is 1.39. The summed E-state index contributed by atoms with van der Waals surface area (Å²) in [5, 5.41) is 23.7. The van der Waals surface area contributed by atoms with Crippen LogP contribution in [0.15, 0.2) is 0 Å². The van der Waals surface area contributed by atoms with Crippen LogP contribution >= 0.6 is 0 Å². The molecule has 8 heteroatoms. The molecule has 0 saturated heterocycles. The van der Waals surface area contributed by atoms with Crippen LogP contribution in [0.2, 0.25) is 0 Å². The van der Waals surface area contributed by atoms with Crippen molar-refractivity contribution in [3.63, 3.8) is 0 Å². The third-order valence-electron chi connectivity index (χ3n) is 1.39. The Balaban J connectivity index is -0.0000000902. The molecule has 0 aliphatic heterocycles. The van der Waals surface area contributed by atoms with E-state index in [9.17, 15) is 14.4 Å². The summed E-state index contributed by atoms with van der Waals surface area (Å²) in [6.07, 6.45) is 3.07. The summed E-state index contributed by atoms with van der Waals surface area (Å²) in [5.74, 6) is 5.87. The Bertz CT molecular complexity index is 196. The van der Waals surface area contributed by atoms with E-state index in [1.807, 2.05) is 20.8 Å². The SMILES string of the molecule is CCCC(=O)O.CCCC(=O)O.CCCC(=O)O.NN. The zero-order chi connectivity index (χ0) is 17.0. The van der Waals surface area contributed by atoms with Gasteiger partial charge in [0.1, 0.15) is 0 Å². The first kappa shape index (κ1) is 26.8. The maximum absolute atomic E-state index is 9.60. The van der Waals surface area contributed by atoms with Crippen LogP contribution in [0.3, 0.4) is 0 Å². The van der Waals surface area contributed by atoms with Crippen molar-refractivity contribution in [1.29, 1.82) is 0 Å².